The minimum Gasteiger partial charge on any atom is -0.504 e. The molecule has 2 aliphatic carbocycles. The molecule has 5 atom stereocenters. The first-order valence-corrected chi connectivity index (χ1v) is 10.9. The molecule has 1 aromatic carbocycles. The number of nitrogens with one attached hydrogen (secondary N) is 1. The summed E-state index contributed by atoms with van der Waals surface area (Å²) in [5.74, 6) is 0.482. The lowest BCUT2D eigenvalue weighted by Crippen LogP contribution is -2.81. The molecular formula is C23H30N2O4. The van der Waals surface area contributed by atoms with Crippen molar-refractivity contribution in [3.63, 3.8) is 0 Å². The van der Waals surface area contributed by atoms with Gasteiger partial charge in [-0.2, -0.15) is 0 Å². The van der Waals surface area contributed by atoms with E-state index >= 15 is 0 Å². The van der Waals surface area contributed by atoms with Crippen LogP contribution in [0.3, 0.4) is 0 Å². The SMILES string of the molecule is CCCCCCN[C@@]12C=C[C@H](O)[C@@H]3Oc4c(O)ccc5c4[C@@]31CCN(C)[C@@H]2C5=O. The van der Waals surface area contributed by atoms with Crippen LogP contribution in [0.25, 0.3) is 0 Å². The standard InChI is InChI=1S/C23H30N2O4/c1-3-4-5-6-12-24-23-10-9-16(27)21-22(23)11-13-25(2)20(23)18(28)14-7-8-15(26)19(29-21)17(14)22/h7-10,16,20-21,24,26-27H,3-6,11-13H2,1-2H3/t16-,20+,21-,22-,23+/m0/s1. The topological polar surface area (TPSA) is 82.0 Å². The zero-order valence-electron chi connectivity index (χ0n) is 17.1. The van der Waals surface area contributed by atoms with Gasteiger partial charge in [-0.25, -0.2) is 0 Å². The Morgan fingerprint density at radius 3 is 2.93 bits per heavy atom. The first kappa shape index (κ1) is 19.1. The Labute approximate surface area is 171 Å². The summed E-state index contributed by atoms with van der Waals surface area (Å²) < 4.78 is 6.21. The lowest BCUT2D eigenvalue weighted by atomic mass is 9.48. The maximum atomic E-state index is 13.7. The molecular weight excluding hydrogens is 368 g/mol. The average Bonchev–Trinajstić information content (AvgIpc) is 3.06. The Hall–Kier alpha value is -1.89. The molecule has 0 saturated carbocycles. The summed E-state index contributed by atoms with van der Waals surface area (Å²) in [6.45, 7) is 3.74. The highest BCUT2D eigenvalue weighted by Gasteiger charge is 2.73. The summed E-state index contributed by atoms with van der Waals surface area (Å²) in [4.78, 5) is 15.8. The first-order valence-electron chi connectivity index (χ1n) is 10.9. The van der Waals surface area contributed by atoms with Crippen LogP contribution in [-0.4, -0.2) is 64.8 Å². The molecule has 6 nitrogen and oxygen atoms in total. The molecule has 2 heterocycles. The number of aromatic hydroxyl groups is 1. The smallest absolute Gasteiger partial charge is 0.182 e. The molecule has 5 rings (SSSR count). The number of likely N-dealkylation sites (tertiary alicyclic amines) is 1. The number of nitrogens with zero attached hydrogens (tertiary/aromatic N) is 1. The predicted octanol–water partition coefficient (Wildman–Crippen LogP) is 2.13. The van der Waals surface area contributed by atoms with E-state index in [2.05, 4.69) is 17.1 Å². The number of phenolic OH excluding ortho intramolecular Hbond substituents is 1. The number of ether oxygens (including phenoxy) is 1. The van der Waals surface area contributed by atoms with Crippen LogP contribution in [0.4, 0.5) is 0 Å². The quantitative estimate of drug-likeness (QED) is 0.503. The summed E-state index contributed by atoms with van der Waals surface area (Å²) in [5.41, 5.74) is 0.198. The van der Waals surface area contributed by atoms with Crippen LogP contribution in [0.5, 0.6) is 11.5 Å². The number of rotatable bonds is 6. The van der Waals surface area contributed by atoms with E-state index in [0.29, 0.717) is 11.3 Å². The van der Waals surface area contributed by atoms with Crippen molar-refractivity contribution in [1.82, 2.24) is 10.2 Å². The fraction of sp³-hybridized carbons (Fsp3) is 0.609. The van der Waals surface area contributed by atoms with Gasteiger partial charge in [-0.05, 0) is 45.1 Å². The lowest BCUT2D eigenvalue weighted by molar-refractivity contribution is -0.0622. The van der Waals surface area contributed by atoms with E-state index in [1.54, 1.807) is 18.2 Å². The number of carbonyl (C=O) groups excluding carboxylic acids is 1. The molecule has 0 amide bonds. The average molecular weight is 399 g/mol. The Balaban J connectivity index is 1.69. The van der Waals surface area contributed by atoms with Crippen molar-refractivity contribution in [3.05, 3.63) is 35.4 Å². The molecule has 3 N–H and O–H groups in total. The molecule has 4 aliphatic rings. The molecule has 0 aromatic heterocycles. The molecule has 2 aliphatic heterocycles. The molecule has 2 bridgehead atoms. The molecule has 6 heteroatoms. The van der Waals surface area contributed by atoms with Gasteiger partial charge in [0.25, 0.3) is 0 Å². The molecule has 0 radical (unpaired) electrons. The fourth-order valence-electron chi connectivity index (χ4n) is 6.37. The summed E-state index contributed by atoms with van der Waals surface area (Å²) >= 11 is 0. The summed E-state index contributed by atoms with van der Waals surface area (Å²) in [5, 5.41) is 25.1. The third-order valence-electron chi connectivity index (χ3n) is 7.61. The number of aliphatic hydroxyl groups excluding tert-OH is 1. The number of aliphatic hydroxyl groups is 1. The summed E-state index contributed by atoms with van der Waals surface area (Å²) in [6, 6.07) is 2.91. The summed E-state index contributed by atoms with van der Waals surface area (Å²) in [6.07, 6.45) is 7.83. The van der Waals surface area contributed by atoms with E-state index < -0.39 is 23.2 Å². The van der Waals surface area contributed by atoms with E-state index in [1.807, 2.05) is 13.1 Å². The lowest BCUT2D eigenvalue weighted by Gasteiger charge is -2.63. The molecule has 1 aromatic rings. The predicted molar refractivity (Wildman–Crippen MR) is 110 cm³/mol. The number of unbranched alkanes of at least 4 members (excludes halogenated alkanes) is 3. The zero-order valence-corrected chi connectivity index (χ0v) is 17.1. The van der Waals surface area contributed by atoms with Gasteiger partial charge in [0.05, 0.1) is 17.0 Å². The van der Waals surface area contributed by atoms with Crippen molar-refractivity contribution in [1.29, 1.82) is 0 Å². The van der Waals surface area contributed by atoms with E-state index in [4.69, 9.17) is 4.74 Å². The highest BCUT2D eigenvalue weighted by molar-refractivity contribution is 6.06. The second-order valence-electron chi connectivity index (χ2n) is 9.05. The number of benzene rings is 1. The Morgan fingerprint density at radius 2 is 2.14 bits per heavy atom. The molecule has 1 spiro atoms. The maximum absolute atomic E-state index is 13.7. The Morgan fingerprint density at radius 1 is 1.31 bits per heavy atom. The van der Waals surface area contributed by atoms with Crippen LogP contribution in [-0.2, 0) is 5.41 Å². The Kier molecular flexibility index (Phi) is 4.32. The van der Waals surface area contributed by atoms with Crippen molar-refractivity contribution in [3.8, 4) is 11.5 Å². The number of piperidine rings is 1. The number of hydrogen-bond acceptors (Lipinski definition) is 6. The van der Waals surface area contributed by atoms with Gasteiger partial charge >= 0.3 is 0 Å². The van der Waals surface area contributed by atoms with Crippen molar-refractivity contribution < 1.29 is 19.7 Å². The summed E-state index contributed by atoms with van der Waals surface area (Å²) in [7, 11) is 2.01. The van der Waals surface area contributed by atoms with Crippen LogP contribution in [0.1, 0.15) is 54.9 Å². The van der Waals surface area contributed by atoms with Crippen molar-refractivity contribution >= 4 is 5.78 Å². The number of hydrogen-bond donors (Lipinski definition) is 3. The molecule has 1 fully saturated rings. The molecule has 1 saturated heterocycles. The van der Waals surface area contributed by atoms with Gasteiger partial charge in [0.1, 0.15) is 12.2 Å². The largest absolute Gasteiger partial charge is 0.504 e. The van der Waals surface area contributed by atoms with Crippen molar-refractivity contribution in [2.24, 2.45) is 0 Å². The van der Waals surface area contributed by atoms with Gasteiger partial charge in [-0.15, -0.1) is 0 Å². The third kappa shape index (κ3) is 2.25. The van der Waals surface area contributed by atoms with Crippen LogP contribution in [0, 0.1) is 0 Å². The van der Waals surface area contributed by atoms with Gasteiger partial charge < -0.3 is 20.3 Å². The molecule has 156 valence electrons. The van der Waals surface area contributed by atoms with Gasteiger partial charge in [0.2, 0.25) is 0 Å². The minimum atomic E-state index is -0.776. The van der Waals surface area contributed by atoms with Crippen molar-refractivity contribution in [2.45, 2.75) is 68.2 Å². The highest BCUT2D eigenvalue weighted by atomic mass is 16.5. The van der Waals surface area contributed by atoms with Crippen LogP contribution >= 0.6 is 0 Å². The van der Waals surface area contributed by atoms with Gasteiger partial charge in [0, 0.05) is 11.1 Å². The van der Waals surface area contributed by atoms with Crippen LogP contribution < -0.4 is 10.1 Å². The zero-order chi connectivity index (χ0) is 20.4. The number of ketones is 1. The second kappa shape index (κ2) is 6.56. The van der Waals surface area contributed by atoms with Crippen molar-refractivity contribution in [2.75, 3.05) is 20.1 Å². The monoisotopic (exact) mass is 398 g/mol. The number of likely N-dealkylation sites (N-methyl/N-ethyl adjacent to an activating group) is 1. The molecule has 29 heavy (non-hydrogen) atoms. The van der Waals surface area contributed by atoms with Gasteiger partial charge in [-0.3, -0.25) is 9.69 Å². The third-order valence-corrected chi connectivity index (χ3v) is 7.61. The maximum Gasteiger partial charge on any atom is 0.182 e. The van der Waals surface area contributed by atoms with Crippen LogP contribution in [0.2, 0.25) is 0 Å². The van der Waals surface area contributed by atoms with E-state index in [0.717, 1.165) is 37.9 Å². The number of phenols is 1. The minimum absolute atomic E-state index is 0.0433. The van der Waals surface area contributed by atoms with Gasteiger partial charge in [0.15, 0.2) is 17.3 Å². The first-order chi connectivity index (χ1) is 14.0. The number of Topliss-reactive ketones (excluding diaryl/α,β-unsaturated/α-hetero) is 1. The van der Waals surface area contributed by atoms with Crippen LogP contribution in [0.15, 0.2) is 24.3 Å². The Bertz CT molecular complexity index is 884. The molecule has 0 unspecified atom stereocenters. The van der Waals surface area contributed by atoms with E-state index in [1.165, 1.54) is 12.8 Å². The van der Waals surface area contributed by atoms with E-state index in [9.17, 15) is 15.0 Å². The van der Waals surface area contributed by atoms with Gasteiger partial charge in [-0.1, -0.05) is 38.3 Å². The van der Waals surface area contributed by atoms with E-state index in [-0.39, 0.29) is 17.6 Å². The normalized spacial score (nSPS) is 36.8. The number of carbonyl (C=O) groups is 1. The second-order valence-corrected chi connectivity index (χ2v) is 9.05. The highest BCUT2D eigenvalue weighted by Crippen LogP contribution is 2.63. The fourth-order valence-corrected chi connectivity index (χ4v) is 6.37.